The lowest BCUT2D eigenvalue weighted by Gasteiger charge is -2.33. The Morgan fingerprint density at radius 2 is 1.44 bits per heavy atom. The van der Waals surface area contributed by atoms with Gasteiger partial charge in [-0.1, -0.05) is 66.6 Å². The lowest BCUT2D eigenvalue weighted by Crippen LogP contribution is -2.43. The van der Waals surface area contributed by atoms with Crippen LogP contribution >= 0.6 is 0 Å². The van der Waals surface area contributed by atoms with E-state index in [0.29, 0.717) is 0 Å². The van der Waals surface area contributed by atoms with E-state index in [1.54, 1.807) is 0 Å². The molecule has 4 heteroatoms. The highest BCUT2D eigenvalue weighted by atomic mass is 15.2. The maximum Gasteiger partial charge on any atom is 0.413 e. The molecule has 0 amide bonds. The Labute approximate surface area is 158 Å². The van der Waals surface area contributed by atoms with E-state index in [9.17, 15) is 0 Å². The van der Waals surface area contributed by atoms with Gasteiger partial charge in [0.05, 0.1) is 11.0 Å². The van der Waals surface area contributed by atoms with Gasteiger partial charge in [-0.05, 0) is 36.0 Å². The average molecular weight is 345 g/mol. The Morgan fingerprint density at radius 3 is 2.37 bits per heavy atom. The van der Waals surface area contributed by atoms with Crippen molar-refractivity contribution in [3.63, 3.8) is 0 Å². The van der Waals surface area contributed by atoms with E-state index in [1.807, 2.05) is 0 Å². The first kappa shape index (κ1) is 14.6. The molecule has 0 saturated heterocycles. The molecule has 0 saturated carbocycles. The predicted octanol–water partition coefficient (Wildman–Crippen LogP) is 5.15. The molecular weight excluding hydrogens is 329 g/mol. The highest BCUT2D eigenvalue weighted by Gasteiger charge is 2.33. The number of nitrogens with zero attached hydrogens (tertiary/aromatic N) is 3. The molecule has 0 bridgehead atoms. The minimum atomic E-state index is 0.0481. The highest BCUT2D eigenvalue weighted by molar-refractivity contribution is 6.69. The summed E-state index contributed by atoms with van der Waals surface area (Å²) in [6.45, 7) is 0.0481. The van der Waals surface area contributed by atoms with Crippen LogP contribution < -0.4 is 4.81 Å². The summed E-state index contributed by atoms with van der Waals surface area (Å²) in [4.78, 5) is 7.37. The van der Waals surface area contributed by atoms with E-state index in [2.05, 4.69) is 106 Å². The molecule has 6 rings (SSSR count). The molecule has 1 aromatic heterocycles. The first-order chi connectivity index (χ1) is 13.4. The van der Waals surface area contributed by atoms with Crippen LogP contribution in [0, 0.1) is 0 Å². The van der Waals surface area contributed by atoms with Gasteiger partial charge in [-0.3, -0.25) is 0 Å². The van der Waals surface area contributed by atoms with Gasteiger partial charge >= 0.3 is 6.98 Å². The third-order valence-electron chi connectivity index (χ3n) is 5.43. The van der Waals surface area contributed by atoms with Crippen molar-refractivity contribution in [3.05, 3.63) is 97.1 Å². The number of rotatable bonds is 0. The van der Waals surface area contributed by atoms with Crippen molar-refractivity contribution in [2.24, 2.45) is 0 Å². The quantitative estimate of drug-likeness (QED) is 0.411. The number of hydrogen-bond donors (Lipinski definition) is 0. The summed E-state index contributed by atoms with van der Waals surface area (Å²) in [5, 5.41) is 0. The Balaban J connectivity index is 1.80. The summed E-state index contributed by atoms with van der Waals surface area (Å²) < 4.78 is 2.35. The second-order valence-corrected chi connectivity index (χ2v) is 6.90. The average Bonchev–Trinajstić information content (AvgIpc) is 3.12. The fourth-order valence-corrected chi connectivity index (χ4v) is 4.26. The number of aromatic nitrogens is 2. The zero-order valence-corrected chi connectivity index (χ0v) is 14.7. The predicted molar refractivity (Wildman–Crippen MR) is 113 cm³/mol. The van der Waals surface area contributed by atoms with E-state index < -0.39 is 0 Å². The van der Waals surface area contributed by atoms with E-state index in [-0.39, 0.29) is 6.98 Å². The van der Waals surface area contributed by atoms with Crippen LogP contribution in [0.4, 0.5) is 5.69 Å². The van der Waals surface area contributed by atoms with Gasteiger partial charge in [0.25, 0.3) is 0 Å². The first-order valence-electron chi connectivity index (χ1n) is 9.21. The van der Waals surface area contributed by atoms with Crippen molar-refractivity contribution in [2.45, 2.75) is 0 Å². The molecule has 3 heterocycles. The number of para-hydroxylation sites is 3. The van der Waals surface area contributed by atoms with E-state index in [0.717, 1.165) is 16.9 Å². The lowest BCUT2D eigenvalue weighted by molar-refractivity contribution is 1.16. The van der Waals surface area contributed by atoms with Gasteiger partial charge in [0.1, 0.15) is 5.82 Å². The molecule has 2 aliphatic rings. The van der Waals surface area contributed by atoms with Crippen molar-refractivity contribution in [3.8, 4) is 22.5 Å². The Kier molecular flexibility index (Phi) is 2.97. The third-order valence-corrected chi connectivity index (χ3v) is 5.43. The van der Waals surface area contributed by atoms with Crippen LogP contribution in [0.3, 0.4) is 0 Å². The Bertz CT molecular complexity index is 1250. The van der Waals surface area contributed by atoms with Gasteiger partial charge in [-0.2, -0.15) is 0 Å². The summed E-state index contributed by atoms with van der Waals surface area (Å²) >= 11 is 0. The molecule has 3 nitrogen and oxygen atoms in total. The maximum atomic E-state index is 5.04. The fourth-order valence-electron chi connectivity index (χ4n) is 4.26. The van der Waals surface area contributed by atoms with Crippen LogP contribution in [0.5, 0.6) is 0 Å². The molecule has 0 spiro atoms. The second kappa shape index (κ2) is 5.48. The van der Waals surface area contributed by atoms with Gasteiger partial charge in [-0.25, -0.2) is 4.98 Å². The first-order valence-corrected chi connectivity index (χ1v) is 9.21. The third kappa shape index (κ3) is 2.01. The minimum Gasteiger partial charge on any atom is -0.368 e. The standard InChI is InChI=1S/C23H16BN3/c1-2-11-19-17(9-1)18-10-3-5-13-21(18)26-16-8-7-15-24(26)27-22-14-6-4-12-20(22)25-23(19)27/h1-16H. The highest BCUT2D eigenvalue weighted by Crippen LogP contribution is 2.41. The molecule has 27 heavy (non-hydrogen) atoms. The van der Waals surface area contributed by atoms with Crippen LogP contribution in [-0.4, -0.2) is 16.4 Å². The summed E-state index contributed by atoms with van der Waals surface area (Å²) in [5.74, 6) is 3.25. The van der Waals surface area contributed by atoms with Crippen LogP contribution in [-0.2, 0) is 0 Å². The largest absolute Gasteiger partial charge is 0.413 e. The van der Waals surface area contributed by atoms with Crippen LogP contribution in [0.15, 0.2) is 97.1 Å². The van der Waals surface area contributed by atoms with Gasteiger partial charge in [-0.15, -0.1) is 0 Å². The molecule has 0 unspecified atom stereocenters. The van der Waals surface area contributed by atoms with Gasteiger partial charge in [0, 0.05) is 16.8 Å². The summed E-state index contributed by atoms with van der Waals surface area (Å²) in [6.07, 6.45) is 6.38. The molecule has 0 aliphatic carbocycles. The number of fused-ring (bicyclic) bond motifs is 10. The molecule has 2 aliphatic heterocycles. The fraction of sp³-hybridized carbons (Fsp3) is 0. The molecular formula is C23H16BN3. The number of hydrogen-bond acceptors (Lipinski definition) is 2. The zero-order chi connectivity index (χ0) is 17.8. The number of benzene rings is 3. The van der Waals surface area contributed by atoms with Crippen LogP contribution in [0.25, 0.3) is 33.5 Å². The normalized spacial score (nSPS) is 14.2. The van der Waals surface area contributed by atoms with Gasteiger partial charge < -0.3 is 9.29 Å². The zero-order valence-electron chi connectivity index (χ0n) is 14.7. The minimum absolute atomic E-state index is 0.0481. The number of imidazole rings is 1. The van der Waals surface area contributed by atoms with Crippen molar-refractivity contribution >= 4 is 23.7 Å². The van der Waals surface area contributed by atoms with Crippen LogP contribution in [0.2, 0.25) is 0 Å². The number of allylic oxidation sites excluding steroid dienone is 2. The molecule has 0 N–H and O–H groups in total. The molecule has 0 fully saturated rings. The molecule has 0 radical (unpaired) electrons. The van der Waals surface area contributed by atoms with Gasteiger partial charge in [0.15, 0.2) is 0 Å². The summed E-state index contributed by atoms with van der Waals surface area (Å²) in [5.41, 5.74) is 7.00. The summed E-state index contributed by atoms with van der Waals surface area (Å²) in [7, 11) is 0. The van der Waals surface area contributed by atoms with E-state index >= 15 is 0 Å². The SMILES string of the molecule is C1=CB2N(C=C1)c1ccccc1-c1ccccc1-c1nc3ccccc3n12. The monoisotopic (exact) mass is 345 g/mol. The smallest absolute Gasteiger partial charge is 0.368 e. The molecule has 3 aromatic carbocycles. The lowest BCUT2D eigenvalue weighted by atomic mass is 9.69. The molecule has 0 atom stereocenters. The maximum absolute atomic E-state index is 5.04. The van der Waals surface area contributed by atoms with Gasteiger partial charge in [0.2, 0.25) is 0 Å². The Hall–Kier alpha value is -3.53. The van der Waals surface area contributed by atoms with Crippen molar-refractivity contribution < 1.29 is 0 Å². The number of anilines is 1. The van der Waals surface area contributed by atoms with E-state index in [1.165, 1.54) is 22.4 Å². The van der Waals surface area contributed by atoms with Crippen molar-refractivity contribution in [1.82, 2.24) is 9.46 Å². The molecule has 4 aromatic rings. The van der Waals surface area contributed by atoms with Crippen LogP contribution in [0.1, 0.15) is 0 Å². The summed E-state index contributed by atoms with van der Waals surface area (Å²) in [6, 6.07) is 25.6. The van der Waals surface area contributed by atoms with Crippen molar-refractivity contribution in [2.75, 3.05) is 4.81 Å². The molecule has 126 valence electrons. The van der Waals surface area contributed by atoms with E-state index in [4.69, 9.17) is 4.98 Å². The van der Waals surface area contributed by atoms with Crippen molar-refractivity contribution in [1.29, 1.82) is 0 Å². The second-order valence-electron chi connectivity index (χ2n) is 6.90. The Morgan fingerprint density at radius 1 is 0.704 bits per heavy atom. The topological polar surface area (TPSA) is 21.1 Å².